The molecular formula is C23H30Cl2N6O4. The van der Waals surface area contributed by atoms with Crippen LogP contribution in [0, 0.1) is 5.41 Å². The summed E-state index contributed by atoms with van der Waals surface area (Å²) in [6.45, 7) is 0.113. The van der Waals surface area contributed by atoms with Crippen molar-refractivity contribution in [2.45, 2.75) is 25.0 Å². The second-order valence-electron chi connectivity index (χ2n) is 7.86. The van der Waals surface area contributed by atoms with Crippen molar-refractivity contribution < 1.29 is 19.5 Å². The number of halogens is 2. The number of carboxylic acid groups (broad SMARTS) is 1. The molecule has 1 aromatic carbocycles. The van der Waals surface area contributed by atoms with Crippen molar-refractivity contribution >= 4 is 48.4 Å². The van der Waals surface area contributed by atoms with Gasteiger partial charge in [0.2, 0.25) is 11.8 Å². The molecule has 2 amide bonds. The van der Waals surface area contributed by atoms with Crippen molar-refractivity contribution in [2.75, 3.05) is 13.1 Å². The third kappa shape index (κ3) is 7.84. The van der Waals surface area contributed by atoms with Gasteiger partial charge in [-0.2, -0.15) is 0 Å². The zero-order valence-corrected chi connectivity index (χ0v) is 20.8. The summed E-state index contributed by atoms with van der Waals surface area (Å²) < 4.78 is 1.71. The lowest BCUT2D eigenvalue weighted by atomic mass is 10.0. The van der Waals surface area contributed by atoms with Crippen molar-refractivity contribution in [3.05, 3.63) is 71.6 Å². The monoisotopic (exact) mass is 524 g/mol. The van der Waals surface area contributed by atoms with E-state index in [4.69, 9.17) is 16.2 Å². The van der Waals surface area contributed by atoms with E-state index in [0.29, 0.717) is 12.1 Å². The molecule has 0 saturated carbocycles. The van der Waals surface area contributed by atoms with Gasteiger partial charge in [0, 0.05) is 26.3 Å². The van der Waals surface area contributed by atoms with Gasteiger partial charge in [0.15, 0.2) is 0 Å². The number of hydrogen-bond acceptors (Lipinski definition) is 5. The summed E-state index contributed by atoms with van der Waals surface area (Å²) in [6.07, 6.45) is 5.48. The van der Waals surface area contributed by atoms with E-state index >= 15 is 0 Å². The maximum Gasteiger partial charge on any atom is 0.317 e. The van der Waals surface area contributed by atoms with Crippen LogP contribution in [-0.4, -0.2) is 63.4 Å². The molecule has 0 bridgehead atoms. The first-order chi connectivity index (χ1) is 15.8. The maximum atomic E-state index is 13.3. The van der Waals surface area contributed by atoms with Crippen LogP contribution in [-0.2, 0) is 34.4 Å². The number of aryl methyl sites for hydroxylation is 1. The quantitative estimate of drug-likeness (QED) is 0.176. The van der Waals surface area contributed by atoms with Crippen LogP contribution in [0.3, 0.4) is 0 Å². The van der Waals surface area contributed by atoms with E-state index in [-0.39, 0.29) is 62.1 Å². The van der Waals surface area contributed by atoms with Crippen LogP contribution < -0.4 is 16.4 Å². The van der Waals surface area contributed by atoms with E-state index in [0.717, 1.165) is 11.1 Å². The van der Waals surface area contributed by atoms with Gasteiger partial charge in [-0.15, -0.1) is 24.8 Å². The van der Waals surface area contributed by atoms with E-state index in [1.165, 1.54) is 4.90 Å². The number of amidine groups is 1. The Morgan fingerprint density at radius 2 is 1.89 bits per heavy atom. The number of nitrogens with two attached hydrogens (primary N) is 1. The Balaban J connectivity index is 0.00000306. The van der Waals surface area contributed by atoms with Gasteiger partial charge in [0.05, 0.1) is 18.3 Å². The lowest BCUT2D eigenvalue weighted by Gasteiger charge is -2.28. The summed E-state index contributed by atoms with van der Waals surface area (Å²) in [5.41, 5.74) is 7.75. The number of benzene rings is 1. The molecule has 0 aliphatic carbocycles. The molecule has 35 heavy (non-hydrogen) atoms. The highest BCUT2D eigenvalue weighted by Crippen LogP contribution is 2.15. The van der Waals surface area contributed by atoms with E-state index < -0.39 is 18.1 Å². The molecule has 0 fully saturated rings. The summed E-state index contributed by atoms with van der Waals surface area (Å²) in [5, 5.41) is 22.3. The van der Waals surface area contributed by atoms with Crippen LogP contribution in [0.25, 0.3) is 0 Å². The number of nitrogens with one attached hydrogen (secondary N) is 3. The SMILES string of the molecule is Cl.Cl.Cn1cc(CNC(=O)[C@@H]2C=CCN2C(=O)[C@@H](Cc2ccccc2)NCC(=O)O)cc1C(=N)N. The number of nitrogen functional groups attached to an aromatic ring is 1. The van der Waals surface area contributed by atoms with Gasteiger partial charge in [-0.1, -0.05) is 42.5 Å². The first kappa shape index (κ1) is 29.7. The molecule has 1 aliphatic heterocycles. The van der Waals surface area contributed by atoms with Crippen LogP contribution in [0.5, 0.6) is 0 Å². The molecule has 0 unspecified atom stereocenters. The third-order valence-corrected chi connectivity index (χ3v) is 5.39. The summed E-state index contributed by atoms with van der Waals surface area (Å²) in [6, 6.07) is 9.44. The van der Waals surface area contributed by atoms with Crippen molar-refractivity contribution in [2.24, 2.45) is 12.8 Å². The molecule has 2 heterocycles. The second-order valence-corrected chi connectivity index (χ2v) is 7.86. The number of carboxylic acids is 1. The zero-order chi connectivity index (χ0) is 24.0. The van der Waals surface area contributed by atoms with Gasteiger partial charge in [-0.05, 0) is 23.6 Å². The zero-order valence-electron chi connectivity index (χ0n) is 19.1. The highest BCUT2D eigenvalue weighted by molar-refractivity contribution is 5.94. The third-order valence-electron chi connectivity index (χ3n) is 5.39. The highest BCUT2D eigenvalue weighted by Gasteiger charge is 2.34. The second kappa shape index (κ2) is 13.5. The summed E-state index contributed by atoms with van der Waals surface area (Å²) >= 11 is 0. The maximum absolute atomic E-state index is 13.3. The average molecular weight is 525 g/mol. The number of rotatable bonds is 10. The number of amides is 2. The van der Waals surface area contributed by atoms with Gasteiger partial charge in [-0.3, -0.25) is 25.1 Å². The first-order valence-electron chi connectivity index (χ1n) is 10.5. The fourth-order valence-corrected chi connectivity index (χ4v) is 3.78. The minimum Gasteiger partial charge on any atom is -0.480 e. The normalized spacial score (nSPS) is 15.0. The Morgan fingerprint density at radius 1 is 1.20 bits per heavy atom. The number of nitrogens with zero attached hydrogens (tertiary/aromatic N) is 2. The van der Waals surface area contributed by atoms with Crippen LogP contribution in [0.1, 0.15) is 16.8 Å². The van der Waals surface area contributed by atoms with Gasteiger partial charge in [0.1, 0.15) is 11.9 Å². The van der Waals surface area contributed by atoms with Gasteiger partial charge < -0.3 is 25.6 Å². The number of carbonyl (C=O) groups is 3. The van der Waals surface area contributed by atoms with Crippen LogP contribution >= 0.6 is 24.8 Å². The first-order valence-corrected chi connectivity index (χ1v) is 10.5. The summed E-state index contributed by atoms with van der Waals surface area (Å²) in [7, 11) is 1.76. The number of carbonyl (C=O) groups excluding carboxylic acids is 2. The lowest BCUT2D eigenvalue weighted by molar-refractivity contribution is -0.140. The highest BCUT2D eigenvalue weighted by atomic mass is 35.5. The molecule has 1 aromatic heterocycles. The Labute approximate surface area is 215 Å². The molecule has 6 N–H and O–H groups in total. The van der Waals surface area contributed by atoms with Crippen LogP contribution in [0.4, 0.5) is 0 Å². The predicted molar refractivity (Wildman–Crippen MR) is 137 cm³/mol. The van der Waals surface area contributed by atoms with Gasteiger partial charge >= 0.3 is 5.97 Å². The van der Waals surface area contributed by atoms with E-state index in [9.17, 15) is 14.4 Å². The summed E-state index contributed by atoms with van der Waals surface area (Å²) in [5.74, 6) is -1.82. The molecule has 1 aliphatic rings. The van der Waals surface area contributed by atoms with Crippen LogP contribution in [0.2, 0.25) is 0 Å². The lowest BCUT2D eigenvalue weighted by Crippen LogP contribution is -2.54. The Bertz CT molecular complexity index is 1070. The fourth-order valence-electron chi connectivity index (χ4n) is 3.78. The average Bonchev–Trinajstić information content (AvgIpc) is 3.42. The molecule has 3 rings (SSSR count). The van der Waals surface area contributed by atoms with Crippen molar-refractivity contribution in [1.29, 1.82) is 5.41 Å². The van der Waals surface area contributed by atoms with E-state index in [1.807, 2.05) is 30.3 Å². The smallest absolute Gasteiger partial charge is 0.317 e. The Hall–Kier alpha value is -3.34. The standard InChI is InChI=1S/C23H28N6O4.2ClH/c1-28-14-16(11-19(28)21(24)25)12-27-22(32)18-8-5-9-29(18)23(33)17(26-13-20(30)31)10-15-6-3-2-4-7-15;;/h2-8,11,14,17-18,26H,9-10,12-13H2,1H3,(H3,24,25)(H,27,32)(H,30,31);2*1H/t17-,18+;;/m1../s1. The molecular weight excluding hydrogens is 495 g/mol. The minimum absolute atomic E-state index is 0. The molecule has 0 radical (unpaired) electrons. The predicted octanol–water partition coefficient (Wildman–Crippen LogP) is 0.821. The van der Waals surface area contributed by atoms with Crippen LogP contribution in [0.15, 0.2) is 54.7 Å². The summed E-state index contributed by atoms with van der Waals surface area (Å²) in [4.78, 5) is 38.7. The van der Waals surface area contributed by atoms with E-state index in [1.54, 1.807) is 36.0 Å². The van der Waals surface area contributed by atoms with Crippen molar-refractivity contribution in [1.82, 2.24) is 20.1 Å². The molecule has 0 spiro atoms. The minimum atomic E-state index is -1.07. The number of hydrogen-bond donors (Lipinski definition) is 5. The topological polar surface area (TPSA) is 154 Å². The molecule has 0 saturated heterocycles. The molecule has 12 heteroatoms. The van der Waals surface area contributed by atoms with Crippen molar-refractivity contribution in [3.63, 3.8) is 0 Å². The van der Waals surface area contributed by atoms with Crippen molar-refractivity contribution in [3.8, 4) is 0 Å². The molecule has 2 aromatic rings. The van der Waals surface area contributed by atoms with Gasteiger partial charge in [-0.25, -0.2) is 0 Å². The molecule has 10 nitrogen and oxygen atoms in total. The largest absolute Gasteiger partial charge is 0.480 e. The molecule has 190 valence electrons. The van der Waals surface area contributed by atoms with E-state index in [2.05, 4.69) is 10.6 Å². The number of aliphatic carboxylic acids is 1. The fraction of sp³-hybridized carbons (Fsp3) is 0.304. The Kier molecular flexibility index (Phi) is 11.5. The number of aromatic nitrogens is 1. The van der Waals surface area contributed by atoms with Gasteiger partial charge in [0.25, 0.3) is 0 Å². The molecule has 2 atom stereocenters. The Morgan fingerprint density at radius 3 is 2.49 bits per heavy atom.